The van der Waals surface area contributed by atoms with E-state index in [1.165, 1.54) is 52.1 Å². The second-order valence-corrected chi connectivity index (χ2v) is 11.5. The van der Waals surface area contributed by atoms with E-state index in [0.717, 1.165) is 23.7 Å². The average Bonchev–Trinajstić information content (AvgIpc) is 3.18. The third-order valence-corrected chi connectivity index (χ3v) is 8.04. The van der Waals surface area contributed by atoms with E-state index in [-0.39, 0.29) is 5.54 Å². The first-order chi connectivity index (χ1) is 12.1. The van der Waals surface area contributed by atoms with Crippen LogP contribution in [0, 0.1) is 23.7 Å². The van der Waals surface area contributed by atoms with E-state index in [9.17, 15) is 0 Å². The zero-order valence-corrected chi connectivity index (χ0v) is 18.0. The van der Waals surface area contributed by atoms with Gasteiger partial charge in [-0.25, -0.2) is 0 Å². The van der Waals surface area contributed by atoms with Crippen LogP contribution in [0.3, 0.4) is 0 Å². The first-order valence-electron chi connectivity index (χ1n) is 11.1. The van der Waals surface area contributed by atoms with Crippen LogP contribution in [0.4, 0.5) is 0 Å². The van der Waals surface area contributed by atoms with Crippen LogP contribution in [0.2, 0.25) is 0 Å². The predicted octanol–water partition coefficient (Wildman–Crippen LogP) is 2.40. The van der Waals surface area contributed by atoms with E-state index >= 15 is 0 Å². The Labute approximate surface area is 161 Å². The van der Waals surface area contributed by atoms with Crippen LogP contribution in [-0.4, -0.2) is 72.2 Å². The Morgan fingerprint density at radius 1 is 0.731 bits per heavy atom. The van der Waals surface area contributed by atoms with Crippen LogP contribution in [0.1, 0.15) is 54.4 Å². The molecule has 0 bridgehead atoms. The number of piperidine rings is 2. The highest BCUT2D eigenvalue weighted by Crippen LogP contribution is 2.42. The van der Waals surface area contributed by atoms with Gasteiger partial charge in [0.1, 0.15) is 0 Å². The monoisotopic (exact) mass is 362 g/mol. The van der Waals surface area contributed by atoms with Gasteiger partial charge in [0.25, 0.3) is 0 Å². The SMILES string of the molecule is CC(C)(C)N1CCC2CNC(C3CN(C(C)(C)C)CC4NCCC43)C2C1. The minimum atomic E-state index is 0.273. The third kappa shape index (κ3) is 3.47. The van der Waals surface area contributed by atoms with Gasteiger partial charge in [-0.3, -0.25) is 9.80 Å². The Morgan fingerprint density at radius 2 is 1.42 bits per heavy atom. The predicted molar refractivity (Wildman–Crippen MR) is 109 cm³/mol. The van der Waals surface area contributed by atoms with Crippen LogP contribution in [0.25, 0.3) is 0 Å². The minimum Gasteiger partial charge on any atom is -0.313 e. The van der Waals surface area contributed by atoms with Gasteiger partial charge in [-0.15, -0.1) is 0 Å². The molecule has 0 spiro atoms. The van der Waals surface area contributed by atoms with Crippen molar-refractivity contribution in [2.45, 2.75) is 77.5 Å². The fraction of sp³-hybridized carbons (Fsp3) is 1.00. The van der Waals surface area contributed by atoms with Crippen molar-refractivity contribution in [2.75, 3.05) is 39.3 Å². The van der Waals surface area contributed by atoms with Crippen LogP contribution in [0.15, 0.2) is 0 Å². The molecule has 6 unspecified atom stereocenters. The van der Waals surface area contributed by atoms with Crippen molar-refractivity contribution in [3.8, 4) is 0 Å². The van der Waals surface area contributed by atoms with E-state index < -0.39 is 0 Å². The van der Waals surface area contributed by atoms with Crippen LogP contribution < -0.4 is 10.6 Å². The lowest BCUT2D eigenvalue weighted by Crippen LogP contribution is -2.61. The van der Waals surface area contributed by atoms with Crippen molar-refractivity contribution in [2.24, 2.45) is 23.7 Å². The molecule has 0 aliphatic carbocycles. The van der Waals surface area contributed by atoms with Gasteiger partial charge >= 0.3 is 0 Å². The molecule has 4 fully saturated rings. The number of nitrogens with one attached hydrogen (secondary N) is 2. The minimum absolute atomic E-state index is 0.273. The Morgan fingerprint density at radius 3 is 2.12 bits per heavy atom. The standard InChI is InChI=1S/C22H42N4/c1-21(2,3)25-10-8-15-11-24-20(17(15)12-25)18-13-26(22(4,5)6)14-19-16(18)7-9-23-19/h15-20,23-24H,7-14H2,1-6H3. The highest BCUT2D eigenvalue weighted by molar-refractivity contribution is 5.07. The summed E-state index contributed by atoms with van der Waals surface area (Å²) in [5.41, 5.74) is 0.578. The molecule has 0 amide bonds. The van der Waals surface area contributed by atoms with Crippen molar-refractivity contribution >= 4 is 0 Å². The van der Waals surface area contributed by atoms with Gasteiger partial charge in [-0.1, -0.05) is 0 Å². The topological polar surface area (TPSA) is 30.5 Å². The van der Waals surface area contributed by atoms with Gasteiger partial charge in [-0.2, -0.15) is 0 Å². The van der Waals surface area contributed by atoms with E-state index in [2.05, 4.69) is 62.0 Å². The van der Waals surface area contributed by atoms with Crippen molar-refractivity contribution in [1.82, 2.24) is 20.4 Å². The van der Waals surface area contributed by atoms with Gasteiger partial charge < -0.3 is 10.6 Å². The fourth-order valence-corrected chi connectivity index (χ4v) is 6.34. The molecule has 4 saturated heterocycles. The molecule has 6 atom stereocenters. The molecule has 4 heteroatoms. The summed E-state index contributed by atoms with van der Waals surface area (Å²) in [7, 11) is 0. The Bertz CT molecular complexity index is 505. The highest BCUT2D eigenvalue weighted by atomic mass is 15.2. The summed E-state index contributed by atoms with van der Waals surface area (Å²) in [5, 5.41) is 7.88. The first-order valence-corrected chi connectivity index (χ1v) is 11.1. The number of rotatable bonds is 1. The van der Waals surface area contributed by atoms with Crippen molar-refractivity contribution in [1.29, 1.82) is 0 Å². The molecule has 4 rings (SSSR count). The molecule has 4 nitrogen and oxygen atoms in total. The number of likely N-dealkylation sites (tertiary alicyclic amines) is 2. The largest absolute Gasteiger partial charge is 0.313 e. The molecule has 0 aromatic carbocycles. The lowest BCUT2D eigenvalue weighted by molar-refractivity contribution is -0.000459. The van der Waals surface area contributed by atoms with Crippen LogP contribution in [-0.2, 0) is 0 Å². The van der Waals surface area contributed by atoms with Crippen molar-refractivity contribution < 1.29 is 0 Å². The third-order valence-electron chi connectivity index (χ3n) is 8.04. The van der Waals surface area contributed by atoms with Gasteiger partial charge in [0.15, 0.2) is 0 Å². The molecule has 0 radical (unpaired) electrons. The maximum atomic E-state index is 4.04. The Hall–Kier alpha value is -0.160. The van der Waals surface area contributed by atoms with Gasteiger partial charge in [-0.05, 0) is 97.7 Å². The average molecular weight is 363 g/mol. The summed E-state index contributed by atoms with van der Waals surface area (Å²) >= 11 is 0. The number of hydrogen-bond acceptors (Lipinski definition) is 4. The molecule has 4 heterocycles. The highest BCUT2D eigenvalue weighted by Gasteiger charge is 2.51. The summed E-state index contributed by atoms with van der Waals surface area (Å²) in [6.45, 7) is 21.9. The molecule has 4 aliphatic rings. The molecule has 150 valence electrons. The van der Waals surface area contributed by atoms with E-state index in [4.69, 9.17) is 0 Å². The molecule has 0 aromatic heterocycles. The summed E-state index contributed by atoms with van der Waals surface area (Å²) in [6.07, 6.45) is 2.76. The zero-order valence-electron chi connectivity index (χ0n) is 18.0. The van der Waals surface area contributed by atoms with Crippen LogP contribution >= 0.6 is 0 Å². The maximum Gasteiger partial charge on any atom is 0.0227 e. The fourth-order valence-electron chi connectivity index (χ4n) is 6.34. The summed E-state index contributed by atoms with van der Waals surface area (Å²) < 4.78 is 0. The van der Waals surface area contributed by atoms with Gasteiger partial charge in [0.2, 0.25) is 0 Å². The smallest absolute Gasteiger partial charge is 0.0227 e. The Balaban J connectivity index is 1.55. The molecule has 26 heavy (non-hydrogen) atoms. The van der Waals surface area contributed by atoms with E-state index in [1.807, 2.05) is 0 Å². The second kappa shape index (κ2) is 6.72. The lowest BCUT2D eigenvalue weighted by Gasteiger charge is -2.51. The molecular weight excluding hydrogens is 320 g/mol. The zero-order chi connectivity index (χ0) is 18.7. The van der Waals surface area contributed by atoms with Gasteiger partial charge in [0.05, 0.1) is 0 Å². The first kappa shape index (κ1) is 19.2. The summed E-state index contributed by atoms with van der Waals surface area (Å²) in [6, 6.07) is 1.42. The maximum absolute atomic E-state index is 4.04. The quantitative estimate of drug-likeness (QED) is 0.750. The van der Waals surface area contributed by atoms with E-state index in [1.54, 1.807) is 0 Å². The number of hydrogen-bond donors (Lipinski definition) is 2. The van der Waals surface area contributed by atoms with Crippen molar-refractivity contribution in [3.63, 3.8) is 0 Å². The lowest BCUT2D eigenvalue weighted by atomic mass is 9.71. The summed E-state index contributed by atoms with van der Waals surface area (Å²) in [4.78, 5) is 5.51. The van der Waals surface area contributed by atoms with Gasteiger partial charge in [0, 0.05) is 42.8 Å². The molecule has 0 aromatic rings. The normalized spacial score (nSPS) is 42.7. The summed E-state index contributed by atoms with van der Waals surface area (Å²) in [5.74, 6) is 3.42. The number of fused-ring (bicyclic) bond motifs is 2. The molecular formula is C22H42N4. The Kier molecular flexibility index (Phi) is 4.95. The van der Waals surface area contributed by atoms with E-state index in [0.29, 0.717) is 17.6 Å². The molecule has 4 aliphatic heterocycles. The molecule has 0 saturated carbocycles. The van der Waals surface area contributed by atoms with Crippen LogP contribution in [0.5, 0.6) is 0 Å². The van der Waals surface area contributed by atoms with Crippen molar-refractivity contribution in [3.05, 3.63) is 0 Å². The molecule has 2 N–H and O–H groups in total. The second-order valence-electron chi connectivity index (χ2n) is 11.5. The number of nitrogens with zero attached hydrogens (tertiary/aromatic N) is 2.